The molecular weight excluding hydrogens is 606 g/mol. The number of carbonyl (C=O) groups is 1. The summed E-state index contributed by atoms with van der Waals surface area (Å²) >= 11 is 0. The highest BCUT2D eigenvalue weighted by Crippen LogP contribution is 2.32. The first-order valence-electron chi connectivity index (χ1n) is 16.6. The van der Waals surface area contributed by atoms with Crippen LogP contribution in [0.5, 0.6) is 5.75 Å². The molecule has 0 amide bonds. The zero-order chi connectivity index (χ0) is 35.1. The van der Waals surface area contributed by atoms with Crippen LogP contribution in [0.25, 0.3) is 0 Å². The number of hydrogen-bond donors (Lipinski definition) is 3. The van der Waals surface area contributed by atoms with Gasteiger partial charge in [-0.1, -0.05) is 20.8 Å². The van der Waals surface area contributed by atoms with E-state index >= 15 is 0 Å². The van der Waals surface area contributed by atoms with Gasteiger partial charge in [-0.2, -0.15) is 10.2 Å². The number of esters is 1. The minimum absolute atomic E-state index is 0.139. The Morgan fingerprint density at radius 2 is 1.72 bits per heavy atom. The predicted molar refractivity (Wildman–Crippen MR) is 180 cm³/mol. The Labute approximate surface area is 280 Å². The molecule has 12 nitrogen and oxygen atoms in total. The summed E-state index contributed by atoms with van der Waals surface area (Å²) in [6.45, 7) is 10.4. The summed E-state index contributed by atoms with van der Waals surface area (Å²) in [5.74, 6) is -1.17. The second kappa shape index (κ2) is 17.3. The van der Waals surface area contributed by atoms with E-state index in [0.29, 0.717) is 37.1 Å². The molecule has 266 valence electrons. The lowest BCUT2D eigenvalue weighted by Gasteiger charge is -2.44. The number of aliphatic hydroxyl groups excluding tert-OH is 2. The van der Waals surface area contributed by atoms with Gasteiger partial charge in [0, 0.05) is 24.8 Å². The fourth-order valence-corrected chi connectivity index (χ4v) is 6.46. The normalized spacial score (nSPS) is 37.8. The molecule has 0 radical (unpaired) electrons. The van der Waals surface area contributed by atoms with E-state index in [0.717, 1.165) is 11.3 Å². The fourth-order valence-electron chi connectivity index (χ4n) is 6.46. The Morgan fingerprint density at radius 1 is 1.06 bits per heavy atom. The Kier molecular flexibility index (Phi) is 14.3. The molecule has 3 rings (SSSR count). The van der Waals surface area contributed by atoms with Crippen molar-refractivity contribution in [3.63, 3.8) is 0 Å². The third-order valence-electron chi connectivity index (χ3n) is 9.59. The zero-order valence-electron chi connectivity index (χ0n) is 29.8. The standard InChI is InChI=1S/C35H57N3O9/c1-20-17-21(2)33(41)45-19-35(6,42)32(40)23(4)27(37-36-24(5)25-11-13-26(43-9)14-12-25)15-16-29(44-10)31(20)47-34-30(39)28(38(7)8)18-22(3)46-34/h11-14,20-23,28-32,34,39-40,42H,15-19H2,1-10H3/b36-24+,37-27+/t20-,21?,22?,23?,28?,29?,30?,31+,32?,34?,35?/m0/s1. The minimum Gasteiger partial charge on any atom is -0.497 e. The van der Waals surface area contributed by atoms with Gasteiger partial charge in [0.15, 0.2) is 6.29 Å². The molecule has 2 fully saturated rings. The molecule has 12 heteroatoms. The van der Waals surface area contributed by atoms with Gasteiger partial charge in [0.1, 0.15) is 24.1 Å². The van der Waals surface area contributed by atoms with Crippen LogP contribution in [-0.2, 0) is 23.7 Å². The Hall–Kier alpha value is -2.45. The van der Waals surface area contributed by atoms with E-state index < -0.39 is 54.1 Å². The van der Waals surface area contributed by atoms with E-state index in [-0.39, 0.29) is 24.7 Å². The van der Waals surface area contributed by atoms with Gasteiger partial charge >= 0.3 is 5.97 Å². The van der Waals surface area contributed by atoms with Gasteiger partial charge in [-0.3, -0.25) is 4.79 Å². The first-order valence-corrected chi connectivity index (χ1v) is 16.6. The van der Waals surface area contributed by atoms with E-state index in [1.54, 1.807) is 28.1 Å². The van der Waals surface area contributed by atoms with Crippen LogP contribution >= 0.6 is 0 Å². The molecule has 9 unspecified atom stereocenters. The molecule has 0 aromatic heterocycles. The number of nitrogens with zero attached hydrogens (tertiary/aromatic N) is 3. The average Bonchev–Trinajstić information content (AvgIpc) is 3.04. The molecule has 2 heterocycles. The Balaban J connectivity index is 2.00. The van der Waals surface area contributed by atoms with Crippen LogP contribution in [0.2, 0.25) is 0 Å². The van der Waals surface area contributed by atoms with Crippen LogP contribution in [-0.4, -0.2) is 121 Å². The van der Waals surface area contributed by atoms with Crippen molar-refractivity contribution in [3.8, 4) is 5.75 Å². The first-order chi connectivity index (χ1) is 22.1. The molecule has 0 aliphatic carbocycles. The van der Waals surface area contributed by atoms with Crippen LogP contribution in [0, 0.1) is 17.8 Å². The smallest absolute Gasteiger partial charge is 0.308 e. The number of likely N-dealkylation sites (N-methyl/N-ethyl adjacent to an activating group) is 1. The maximum absolute atomic E-state index is 13.1. The molecule has 2 aliphatic heterocycles. The Bertz CT molecular complexity index is 1210. The summed E-state index contributed by atoms with van der Waals surface area (Å²) in [6.07, 6.45) is -2.48. The molecular formula is C35H57N3O9. The third-order valence-corrected chi connectivity index (χ3v) is 9.59. The predicted octanol–water partition coefficient (Wildman–Crippen LogP) is 3.43. The maximum Gasteiger partial charge on any atom is 0.308 e. The SMILES string of the molecule is COc1ccc(/C(C)=N/N=C2\CCC(OC)[C@H](OC3OC(C)CC(N(C)C)C3O)[C@@H](C)CC(C)C(=O)OCC(C)(O)C(O)C2C)cc1. The van der Waals surface area contributed by atoms with Crippen LogP contribution in [0.15, 0.2) is 34.5 Å². The van der Waals surface area contributed by atoms with Gasteiger partial charge in [-0.05, 0) is 96.3 Å². The molecule has 3 N–H and O–H groups in total. The molecule has 47 heavy (non-hydrogen) atoms. The van der Waals surface area contributed by atoms with Gasteiger partial charge in [0.25, 0.3) is 0 Å². The molecule has 0 saturated carbocycles. The molecule has 2 aliphatic rings. The number of carbonyl (C=O) groups excluding carboxylic acids is 1. The second-order valence-corrected chi connectivity index (χ2v) is 13.8. The molecule has 2 saturated heterocycles. The monoisotopic (exact) mass is 663 g/mol. The van der Waals surface area contributed by atoms with Crippen molar-refractivity contribution in [1.29, 1.82) is 0 Å². The van der Waals surface area contributed by atoms with E-state index in [1.165, 1.54) is 6.92 Å². The maximum atomic E-state index is 13.1. The fraction of sp³-hybridized carbons (Fsp3) is 0.743. The van der Waals surface area contributed by atoms with Crippen LogP contribution in [0.4, 0.5) is 0 Å². The van der Waals surface area contributed by atoms with Crippen LogP contribution in [0.1, 0.15) is 72.8 Å². The van der Waals surface area contributed by atoms with Crippen molar-refractivity contribution in [2.75, 3.05) is 34.9 Å². The highest BCUT2D eigenvalue weighted by Gasteiger charge is 2.43. The van der Waals surface area contributed by atoms with Crippen LogP contribution in [0.3, 0.4) is 0 Å². The topological polar surface area (TPSA) is 152 Å². The number of ether oxygens (including phenoxy) is 5. The van der Waals surface area contributed by atoms with Gasteiger partial charge in [0.05, 0.1) is 43.2 Å². The first kappa shape index (κ1) is 39.0. The van der Waals surface area contributed by atoms with E-state index in [4.69, 9.17) is 23.7 Å². The van der Waals surface area contributed by atoms with Crippen molar-refractivity contribution in [2.45, 2.75) is 116 Å². The van der Waals surface area contributed by atoms with Crippen molar-refractivity contribution >= 4 is 17.4 Å². The van der Waals surface area contributed by atoms with Crippen molar-refractivity contribution in [3.05, 3.63) is 29.8 Å². The van der Waals surface area contributed by atoms with Crippen molar-refractivity contribution in [1.82, 2.24) is 4.90 Å². The molecule has 1 aromatic rings. The summed E-state index contributed by atoms with van der Waals surface area (Å²) in [4.78, 5) is 15.1. The third kappa shape index (κ3) is 10.3. The van der Waals surface area contributed by atoms with Crippen molar-refractivity contribution < 1.29 is 43.8 Å². The highest BCUT2D eigenvalue weighted by atomic mass is 16.7. The summed E-state index contributed by atoms with van der Waals surface area (Å²) in [5, 5.41) is 42.9. The largest absolute Gasteiger partial charge is 0.497 e. The molecule has 11 atom stereocenters. The number of cyclic esters (lactones) is 1. The summed E-state index contributed by atoms with van der Waals surface area (Å²) in [6, 6.07) is 7.30. The minimum atomic E-state index is -1.74. The van der Waals surface area contributed by atoms with E-state index in [9.17, 15) is 20.1 Å². The molecule has 1 aromatic carbocycles. The van der Waals surface area contributed by atoms with Gasteiger partial charge < -0.3 is 43.9 Å². The number of benzene rings is 1. The zero-order valence-corrected chi connectivity index (χ0v) is 29.8. The average molecular weight is 664 g/mol. The number of methoxy groups -OCH3 is 2. The lowest BCUT2D eigenvalue weighted by Crippen LogP contribution is -2.56. The molecule has 0 bridgehead atoms. The summed E-state index contributed by atoms with van der Waals surface area (Å²) in [5.41, 5.74) is 0.305. The lowest BCUT2D eigenvalue weighted by atomic mass is 9.83. The van der Waals surface area contributed by atoms with Gasteiger partial charge in [-0.25, -0.2) is 0 Å². The van der Waals surface area contributed by atoms with E-state index in [2.05, 4.69) is 10.2 Å². The van der Waals surface area contributed by atoms with Gasteiger partial charge in [-0.15, -0.1) is 0 Å². The summed E-state index contributed by atoms with van der Waals surface area (Å²) < 4.78 is 29.6. The van der Waals surface area contributed by atoms with Gasteiger partial charge in [0.2, 0.25) is 0 Å². The quantitative estimate of drug-likeness (QED) is 0.225. The number of hydrogen-bond acceptors (Lipinski definition) is 12. The highest BCUT2D eigenvalue weighted by molar-refractivity contribution is 5.99. The van der Waals surface area contributed by atoms with E-state index in [1.807, 2.05) is 64.0 Å². The second-order valence-electron chi connectivity index (χ2n) is 13.8. The number of aliphatic hydroxyl groups is 3. The Morgan fingerprint density at radius 3 is 2.32 bits per heavy atom. The number of rotatable bonds is 7. The van der Waals surface area contributed by atoms with Crippen molar-refractivity contribution in [2.24, 2.45) is 28.0 Å². The summed E-state index contributed by atoms with van der Waals surface area (Å²) in [7, 11) is 7.05. The van der Waals surface area contributed by atoms with Crippen LogP contribution < -0.4 is 4.74 Å². The lowest BCUT2D eigenvalue weighted by molar-refractivity contribution is -0.285. The molecule has 0 spiro atoms.